The van der Waals surface area contributed by atoms with E-state index in [9.17, 15) is 4.79 Å². The van der Waals surface area contributed by atoms with Gasteiger partial charge in [0, 0.05) is 19.3 Å². The van der Waals surface area contributed by atoms with Gasteiger partial charge in [-0.2, -0.15) is 0 Å². The van der Waals surface area contributed by atoms with Crippen LogP contribution in [0.15, 0.2) is 42.6 Å². The molecule has 1 aromatic heterocycles. The third kappa shape index (κ3) is 3.65. The summed E-state index contributed by atoms with van der Waals surface area (Å²) < 4.78 is 0. The zero-order valence-corrected chi connectivity index (χ0v) is 14.2. The molecule has 0 saturated carbocycles. The van der Waals surface area contributed by atoms with E-state index in [1.807, 2.05) is 17.0 Å². The second kappa shape index (κ2) is 7.58. The zero-order valence-electron chi connectivity index (χ0n) is 14.2. The van der Waals surface area contributed by atoms with Gasteiger partial charge in [0.2, 0.25) is 0 Å². The average molecular weight is 323 g/mol. The fourth-order valence-electron chi connectivity index (χ4n) is 3.13. The minimum absolute atomic E-state index is 0.0462. The summed E-state index contributed by atoms with van der Waals surface area (Å²) in [5.41, 5.74) is 9.62. The van der Waals surface area contributed by atoms with Gasteiger partial charge < -0.3 is 10.6 Å². The number of pyridine rings is 1. The Morgan fingerprint density at radius 2 is 1.83 bits per heavy atom. The zero-order chi connectivity index (χ0) is 16.9. The standard InChI is InChI=1S/C20H25N3O/c1-15(14-21)16-5-7-17(8-6-16)18-9-10-22-19(13-18)20(24)23-11-3-2-4-12-23/h5-10,13,15H,2-4,11-12,14,21H2,1H3. The number of likely N-dealkylation sites (tertiary alicyclic amines) is 1. The molecule has 2 aromatic rings. The van der Waals surface area contributed by atoms with Crippen LogP contribution < -0.4 is 5.73 Å². The Morgan fingerprint density at radius 3 is 2.50 bits per heavy atom. The van der Waals surface area contributed by atoms with Crippen LogP contribution >= 0.6 is 0 Å². The highest BCUT2D eigenvalue weighted by molar-refractivity contribution is 5.93. The highest BCUT2D eigenvalue weighted by Gasteiger charge is 2.19. The summed E-state index contributed by atoms with van der Waals surface area (Å²) in [7, 11) is 0. The van der Waals surface area contributed by atoms with Gasteiger partial charge in [-0.05, 0) is 60.5 Å². The average Bonchev–Trinajstić information content (AvgIpc) is 2.67. The topological polar surface area (TPSA) is 59.2 Å². The van der Waals surface area contributed by atoms with E-state index >= 15 is 0 Å². The van der Waals surface area contributed by atoms with Crippen LogP contribution in [0.2, 0.25) is 0 Å². The molecule has 3 rings (SSSR count). The summed E-state index contributed by atoms with van der Waals surface area (Å²) in [4.78, 5) is 18.8. The molecule has 4 nitrogen and oxygen atoms in total. The van der Waals surface area contributed by atoms with Crippen LogP contribution in [0.5, 0.6) is 0 Å². The Bertz CT molecular complexity index is 690. The number of rotatable bonds is 4. The first kappa shape index (κ1) is 16.7. The van der Waals surface area contributed by atoms with Crippen molar-refractivity contribution in [3.05, 3.63) is 53.9 Å². The number of carbonyl (C=O) groups is 1. The molecule has 24 heavy (non-hydrogen) atoms. The summed E-state index contributed by atoms with van der Waals surface area (Å²) in [5.74, 6) is 0.401. The molecule has 1 aliphatic heterocycles. The number of aromatic nitrogens is 1. The van der Waals surface area contributed by atoms with E-state index in [0.717, 1.165) is 37.1 Å². The van der Waals surface area contributed by atoms with Gasteiger partial charge >= 0.3 is 0 Å². The molecular weight excluding hydrogens is 298 g/mol. The number of amides is 1. The number of hydrogen-bond acceptors (Lipinski definition) is 3. The molecule has 1 amide bonds. The monoisotopic (exact) mass is 323 g/mol. The van der Waals surface area contributed by atoms with Crippen LogP contribution in [0.4, 0.5) is 0 Å². The number of nitrogens with two attached hydrogens (primary N) is 1. The van der Waals surface area contributed by atoms with E-state index in [2.05, 4.69) is 36.2 Å². The minimum atomic E-state index is 0.0462. The molecule has 1 aliphatic rings. The Morgan fingerprint density at radius 1 is 1.12 bits per heavy atom. The van der Waals surface area contributed by atoms with Gasteiger partial charge in [-0.15, -0.1) is 0 Å². The van der Waals surface area contributed by atoms with Gasteiger partial charge in [-0.25, -0.2) is 0 Å². The molecule has 0 radical (unpaired) electrons. The number of nitrogens with zero attached hydrogens (tertiary/aromatic N) is 2. The fraction of sp³-hybridized carbons (Fsp3) is 0.400. The van der Waals surface area contributed by atoms with Crippen molar-refractivity contribution in [3.8, 4) is 11.1 Å². The third-order valence-electron chi connectivity index (χ3n) is 4.79. The summed E-state index contributed by atoms with van der Waals surface area (Å²) in [6, 6.07) is 12.3. The molecule has 1 saturated heterocycles. The maximum Gasteiger partial charge on any atom is 0.272 e. The van der Waals surface area contributed by atoms with Gasteiger partial charge in [0.1, 0.15) is 5.69 Å². The van der Waals surface area contributed by atoms with Crippen LogP contribution in [0.25, 0.3) is 11.1 Å². The molecule has 2 N–H and O–H groups in total. The fourth-order valence-corrected chi connectivity index (χ4v) is 3.13. The summed E-state index contributed by atoms with van der Waals surface area (Å²) >= 11 is 0. The summed E-state index contributed by atoms with van der Waals surface area (Å²) in [5, 5.41) is 0. The highest BCUT2D eigenvalue weighted by atomic mass is 16.2. The predicted octanol–water partition coefficient (Wildman–Crippen LogP) is 3.44. The first-order chi connectivity index (χ1) is 11.7. The summed E-state index contributed by atoms with van der Waals surface area (Å²) in [6.45, 7) is 4.45. The Hall–Kier alpha value is -2.20. The van der Waals surface area contributed by atoms with E-state index in [4.69, 9.17) is 5.73 Å². The highest BCUT2D eigenvalue weighted by Crippen LogP contribution is 2.23. The molecule has 1 atom stereocenters. The van der Waals surface area contributed by atoms with Crippen molar-refractivity contribution in [2.75, 3.05) is 19.6 Å². The van der Waals surface area contributed by atoms with Gasteiger partial charge in [0.15, 0.2) is 0 Å². The Kier molecular flexibility index (Phi) is 5.26. The number of hydrogen-bond donors (Lipinski definition) is 1. The van der Waals surface area contributed by atoms with Crippen molar-refractivity contribution in [3.63, 3.8) is 0 Å². The molecule has 4 heteroatoms. The quantitative estimate of drug-likeness (QED) is 0.937. The van der Waals surface area contributed by atoms with Crippen molar-refractivity contribution < 1.29 is 4.79 Å². The Labute approximate surface area is 143 Å². The van der Waals surface area contributed by atoms with E-state index in [1.165, 1.54) is 12.0 Å². The molecular formula is C20H25N3O. The van der Waals surface area contributed by atoms with Gasteiger partial charge in [-0.3, -0.25) is 9.78 Å². The maximum absolute atomic E-state index is 12.6. The lowest BCUT2D eigenvalue weighted by Gasteiger charge is -2.26. The molecule has 1 aromatic carbocycles. The second-order valence-electron chi connectivity index (χ2n) is 6.54. The van der Waals surface area contributed by atoms with Gasteiger partial charge in [0.05, 0.1) is 0 Å². The minimum Gasteiger partial charge on any atom is -0.337 e. The van der Waals surface area contributed by atoms with Crippen LogP contribution in [0.1, 0.15) is 48.2 Å². The van der Waals surface area contributed by atoms with E-state index < -0.39 is 0 Å². The normalized spacial score (nSPS) is 16.0. The van der Waals surface area contributed by atoms with E-state index in [0.29, 0.717) is 18.2 Å². The second-order valence-corrected chi connectivity index (χ2v) is 6.54. The molecule has 126 valence electrons. The number of piperidine rings is 1. The third-order valence-corrected chi connectivity index (χ3v) is 4.79. The van der Waals surface area contributed by atoms with Crippen LogP contribution in [-0.2, 0) is 0 Å². The predicted molar refractivity (Wildman–Crippen MR) is 96.9 cm³/mol. The van der Waals surface area contributed by atoms with E-state index in [-0.39, 0.29) is 5.91 Å². The van der Waals surface area contributed by atoms with Crippen molar-refractivity contribution in [1.82, 2.24) is 9.88 Å². The van der Waals surface area contributed by atoms with Crippen molar-refractivity contribution in [2.45, 2.75) is 32.1 Å². The first-order valence-corrected chi connectivity index (χ1v) is 8.75. The molecule has 1 unspecified atom stereocenters. The largest absolute Gasteiger partial charge is 0.337 e. The number of carbonyl (C=O) groups excluding carboxylic acids is 1. The Balaban J connectivity index is 1.81. The molecule has 2 heterocycles. The first-order valence-electron chi connectivity index (χ1n) is 8.75. The van der Waals surface area contributed by atoms with Crippen molar-refractivity contribution in [1.29, 1.82) is 0 Å². The molecule has 0 spiro atoms. The number of benzene rings is 1. The lowest BCUT2D eigenvalue weighted by Crippen LogP contribution is -2.36. The van der Waals surface area contributed by atoms with Crippen LogP contribution in [0, 0.1) is 0 Å². The van der Waals surface area contributed by atoms with Crippen LogP contribution in [0.3, 0.4) is 0 Å². The molecule has 1 fully saturated rings. The maximum atomic E-state index is 12.6. The van der Waals surface area contributed by atoms with Crippen molar-refractivity contribution in [2.24, 2.45) is 5.73 Å². The van der Waals surface area contributed by atoms with Crippen molar-refractivity contribution >= 4 is 5.91 Å². The van der Waals surface area contributed by atoms with E-state index in [1.54, 1.807) is 6.20 Å². The van der Waals surface area contributed by atoms with Gasteiger partial charge in [0.25, 0.3) is 5.91 Å². The molecule has 0 bridgehead atoms. The summed E-state index contributed by atoms with van der Waals surface area (Å²) in [6.07, 6.45) is 5.12. The van der Waals surface area contributed by atoms with Gasteiger partial charge in [-0.1, -0.05) is 31.2 Å². The smallest absolute Gasteiger partial charge is 0.272 e. The lowest BCUT2D eigenvalue weighted by atomic mass is 9.97. The lowest BCUT2D eigenvalue weighted by molar-refractivity contribution is 0.0718. The van der Waals surface area contributed by atoms with Crippen LogP contribution in [-0.4, -0.2) is 35.4 Å². The SMILES string of the molecule is CC(CN)c1ccc(-c2ccnc(C(=O)N3CCCCC3)c2)cc1. The molecule has 0 aliphatic carbocycles.